The van der Waals surface area contributed by atoms with Gasteiger partial charge in [0.25, 0.3) is 0 Å². The van der Waals surface area contributed by atoms with Crippen molar-refractivity contribution in [3.63, 3.8) is 0 Å². The van der Waals surface area contributed by atoms with Gasteiger partial charge in [0.2, 0.25) is 0 Å². The maximum Gasteiger partial charge on any atom is 0.192 e. The lowest BCUT2D eigenvalue weighted by atomic mass is 10.0. The third kappa shape index (κ3) is 5.96. The highest BCUT2D eigenvalue weighted by molar-refractivity contribution is 7.99. The number of nitrogens with zero attached hydrogens (tertiary/aromatic N) is 3. The molecule has 2 rings (SSSR count). The van der Waals surface area contributed by atoms with Crippen molar-refractivity contribution < 1.29 is 5.11 Å². The second-order valence-corrected chi connectivity index (χ2v) is 9.10. The fourth-order valence-electron chi connectivity index (χ4n) is 2.75. The van der Waals surface area contributed by atoms with E-state index in [2.05, 4.69) is 42.0 Å². The molecule has 0 saturated heterocycles. The van der Waals surface area contributed by atoms with Crippen LogP contribution in [0.4, 0.5) is 10.9 Å². The van der Waals surface area contributed by atoms with E-state index in [1.807, 2.05) is 19.1 Å². The van der Waals surface area contributed by atoms with E-state index in [9.17, 15) is 5.11 Å². The summed E-state index contributed by atoms with van der Waals surface area (Å²) in [6.45, 7) is 8.32. The van der Waals surface area contributed by atoms with Crippen molar-refractivity contribution in [2.75, 3.05) is 17.7 Å². The highest BCUT2D eigenvalue weighted by atomic mass is 32.2. The summed E-state index contributed by atoms with van der Waals surface area (Å²) in [5.41, 5.74) is 7.55. The number of nitrogens with one attached hydrogen (secondary N) is 1. The van der Waals surface area contributed by atoms with Gasteiger partial charge in [-0.1, -0.05) is 48.9 Å². The van der Waals surface area contributed by atoms with Gasteiger partial charge in [-0.05, 0) is 43.9 Å². The molecule has 4 N–H and O–H groups in total. The van der Waals surface area contributed by atoms with Crippen LogP contribution in [0.2, 0.25) is 0 Å². The standard InChI is InChI=1S/C20H27N5OS2/c1-6-8-9-14(7-2)13(5)27-20-24-17(22-15(11-26)10-12(3)4)16-18(25-20)23-19(21)28-16/h1,7-9,12-13,15,26H,10-11H2,2-5H3,(H3,21,22,23,24,25)/b9-8-,14-7+/t13-,15+/m0/s1. The van der Waals surface area contributed by atoms with Crippen molar-refractivity contribution in [3.8, 4) is 12.3 Å². The van der Waals surface area contributed by atoms with Crippen LogP contribution in [0.15, 0.2) is 29.0 Å². The van der Waals surface area contributed by atoms with Gasteiger partial charge in [0.15, 0.2) is 21.8 Å². The number of aromatic nitrogens is 3. The normalized spacial score (nSPS) is 14.5. The van der Waals surface area contributed by atoms with E-state index in [-0.39, 0.29) is 17.9 Å². The largest absolute Gasteiger partial charge is 0.394 e. The zero-order valence-corrected chi connectivity index (χ0v) is 18.3. The summed E-state index contributed by atoms with van der Waals surface area (Å²) >= 11 is 2.87. The van der Waals surface area contributed by atoms with Gasteiger partial charge in [0.05, 0.1) is 12.6 Å². The Bertz CT molecular complexity index is 898. The van der Waals surface area contributed by atoms with Crippen LogP contribution in [0.3, 0.4) is 0 Å². The van der Waals surface area contributed by atoms with Gasteiger partial charge in [-0.15, -0.1) is 6.42 Å². The first-order valence-corrected chi connectivity index (χ1v) is 10.8. The van der Waals surface area contributed by atoms with Gasteiger partial charge in [-0.2, -0.15) is 0 Å². The number of nitrogens with two attached hydrogens (primary N) is 1. The summed E-state index contributed by atoms with van der Waals surface area (Å²) in [4.78, 5) is 13.6. The molecule has 0 aromatic carbocycles. The molecule has 0 aliphatic carbocycles. The van der Waals surface area contributed by atoms with Gasteiger partial charge in [0, 0.05) is 5.25 Å². The molecule has 2 atom stereocenters. The van der Waals surface area contributed by atoms with Gasteiger partial charge in [-0.3, -0.25) is 0 Å². The number of terminal acetylenes is 1. The van der Waals surface area contributed by atoms with Crippen LogP contribution in [0.5, 0.6) is 0 Å². The van der Waals surface area contributed by atoms with Crippen molar-refractivity contribution in [2.45, 2.75) is 50.6 Å². The maximum absolute atomic E-state index is 9.74. The number of hydrogen-bond donors (Lipinski definition) is 3. The second-order valence-electron chi connectivity index (χ2n) is 6.76. The van der Waals surface area contributed by atoms with E-state index < -0.39 is 0 Å². The van der Waals surface area contributed by atoms with Crippen LogP contribution < -0.4 is 11.1 Å². The average molecular weight is 418 g/mol. The number of thioether (sulfide) groups is 1. The Morgan fingerprint density at radius 1 is 1.36 bits per heavy atom. The van der Waals surface area contributed by atoms with Crippen molar-refractivity contribution in [1.82, 2.24) is 15.0 Å². The Labute approximate surface area is 174 Å². The van der Waals surface area contributed by atoms with E-state index in [0.29, 0.717) is 27.7 Å². The minimum atomic E-state index is -0.0960. The minimum absolute atomic E-state index is 0.0243. The highest BCUT2D eigenvalue weighted by Gasteiger charge is 2.18. The summed E-state index contributed by atoms with van der Waals surface area (Å²) in [5, 5.41) is 14.2. The number of allylic oxidation sites excluding steroid dienone is 3. The molecule has 2 heterocycles. The summed E-state index contributed by atoms with van der Waals surface area (Å²) in [6.07, 6.45) is 11.8. The van der Waals surface area contributed by atoms with Gasteiger partial charge in [-0.25, -0.2) is 15.0 Å². The van der Waals surface area contributed by atoms with E-state index in [1.165, 1.54) is 23.1 Å². The lowest BCUT2D eigenvalue weighted by Gasteiger charge is -2.19. The molecule has 0 aliphatic heterocycles. The molecule has 8 heteroatoms. The van der Waals surface area contributed by atoms with E-state index >= 15 is 0 Å². The molecule has 0 radical (unpaired) electrons. The van der Waals surface area contributed by atoms with Gasteiger partial charge >= 0.3 is 0 Å². The Kier molecular flexibility index (Phi) is 8.30. The van der Waals surface area contributed by atoms with Crippen molar-refractivity contribution in [1.29, 1.82) is 0 Å². The number of anilines is 2. The number of fused-ring (bicyclic) bond motifs is 1. The van der Waals surface area contributed by atoms with Crippen molar-refractivity contribution in [3.05, 3.63) is 23.8 Å². The molecule has 2 aromatic heterocycles. The topological polar surface area (TPSA) is 97.0 Å². The number of aliphatic hydroxyl groups is 1. The number of thiazole rings is 1. The molecular weight excluding hydrogens is 390 g/mol. The smallest absolute Gasteiger partial charge is 0.192 e. The minimum Gasteiger partial charge on any atom is -0.394 e. The van der Waals surface area contributed by atoms with Crippen LogP contribution >= 0.6 is 23.1 Å². The van der Waals surface area contributed by atoms with Gasteiger partial charge < -0.3 is 16.2 Å². The third-order valence-electron chi connectivity index (χ3n) is 4.02. The Morgan fingerprint density at radius 2 is 2.11 bits per heavy atom. The number of aliphatic hydroxyl groups excluding tert-OH is 1. The van der Waals surface area contributed by atoms with E-state index in [1.54, 1.807) is 6.08 Å². The Balaban J connectivity index is 2.35. The zero-order valence-electron chi connectivity index (χ0n) is 16.6. The van der Waals surface area contributed by atoms with E-state index in [0.717, 1.165) is 16.7 Å². The first kappa shape index (κ1) is 22.2. The first-order valence-electron chi connectivity index (χ1n) is 9.14. The second kappa shape index (κ2) is 10.5. The summed E-state index contributed by atoms with van der Waals surface area (Å²) < 4.78 is 0.801. The molecule has 0 saturated carbocycles. The quantitative estimate of drug-likeness (QED) is 0.244. The molecule has 150 valence electrons. The molecule has 6 nitrogen and oxygen atoms in total. The predicted octanol–water partition coefficient (Wildman–Crippen LogP) is 4.10. The fraction of sp³-hybridized carbons (Fsp3) is 0.450. The molecule has 0 amide bonds. The van der Waals surface area contributed by atoms with Crippen LogP contribution in [0, 0.1) is 18.3 Å². The van der Waals surface area contributed by atoms with Crippen molar-refractivity contribution >= 4 is 44.4 Å². The monoisotopic (exact) mass is 417 g/mol. The SMILES string of the molecule is C#C/C=C\C(=C/C)[C@H](C)Sc1nc(N[C@@H](CO)CC(C)C)c2sc(N)nc2n1. The Morgan fingerprint density at radius 3 is 2.71 bits per heavy atom. The summed E-state index contributed by atoms with van der Waals surface area (Å²) in [6, 6.07) is -0.0960. The van der Waals surface area contributed by atoms with Crippen LogP contribution in [-0.4, -0.2) is 38.0 Å². The molecule has 0 aliphatic rings. The molecule has 28 heavy (non-hydrogen) atoms. The lowest BCUT2D eigenvalue weighted by Crippen LogP contribution is -2.26. The highest BCUT2D eigenvalue weighted by Crippen LogP contribution is 2.33. The molecule has 0 unspecified atom stereocenters. The third-order valence-corrected chi connectivity index (χ3v) is 5.92. The molecule has 0 spiro atoms. The Hall–Kier alpha value is -2.08. The number of rotatable bonds is 9. The zero-order chi connectivity index (χ0) is 20.7. The summed E-state index contributed by atoms with van der Waals surface area (Å²) in [5.74, 6) is 3.62. The number of hydrogen-bond acceptors (Lipinski definition) is 8. The average Bonchev–Trinajstić information content (AvgIpc) is 3.01. The molecular formula is C20H27N5OS2. The molecule has 0 fully saturated rings. The van der Waals surface area contributed by atoms with Crippen molar-refractivity contribution in [2.24, 2.45) is 5.92 Å². The predicted molar refractivity (Wildman–Crippen MR) is 121 cm³/mol. The van der Waals surface area contributed by atoms with Crippen LogP contribution in [0.1, 0.15) is 34.1 Å². The number of nitrogen functional groups attached to an aromatic ring is 1. The maximum atomic E-state index is 9.74. The lowest BCUT2D eigenvalue weighted by molar-refractivity contribution is 0.259. The van der Waals surface area contributed by atoms with E-state index in [4.69, 9.17) is 17.1 Å². The fourth-order valence-corrected chi connectivity index (χ4v) is 4.42. The van der Waals surface area contributed by atoms with Crippen LogP contribution in [-0.2, 0) is 0 Å². The van der Waals surface area contributed by atoms with Crippen LogP contribution in [0.25, 0.3) is 10.3 Å². The molecule has 0 bridgehead atoms. The first-order chi connectivity index (χ1) is 13.4. The van der Waals surface area contributed by atoms with Gasteiger partial charge in [0.1, 0.15) is 4.70 Å². The summed E-state index contributed by atoms with van der Waals surface area (Å²) in [7, 11) is 0. The molecule has 2 aromatic rings.